The van der Waals surface area contributed by atoms with Gasteiger partial charge < -0.3 is 19.9 Å². The number of hydrogen-bond acceptors (Lipinski definition) is 12. The number of fused-ring (bicyclic) bond motifs is 1. The summed E-state index contributed by atoms with van der Waals surface area (Å²) in [6, 6.07) is 11.4. The van der Waals surface area contributed by atoms with E-state index in [4.69, 9.17) is 4.74 Å². The predicted octanol–water partition coefficient (Wildman–Crippen LogP) is 4.67. The van der Waals surface area contributed by atoms with Gasteiger partial charge in [-0.25, -0.2) is 0 Å². The van der Waals surface area contributed by atoms with Crippen molar-refractivity contribution < 1.29 is 33.5 Å². The topological polar surface area (TPSA) is 187 Å². The first-order chi connectivity index (χ1) is 30.7. The normalized spacial score (nSPS) is 18.5. The molecule has 6 heterocycles. The van der Waals surface area contributed by atoms with Crippen molar-refractivity contribution in [2.24, 2.45) is 5.92 Å². The maximum absolute atomic E-state index is 13.3. The predicted molar refractivity (Wildman–Crippen MR) is 236 cm³/mol. The molecule has 3 fully saturated rings. The first kappa shape index (κ1) is 45.0. The maximum Gasteiger partial charge on any atom is 0.274 e. The Hall–Kier alpha value is -6.03. The number of imide groups is 2. The summed E-state index contributed by atoms with van der Waals surface area (Å²) in [5.74, 6) is -0.549. The molecule has 0 spiro atoms. The van der Waals surface area contributed by atoms with Crippen LogP contribution in [0.1, 0.15) is 120 Å². The minimum absolute atomic E-state index is 0.0548. The fourth-order valence-electron chi connectivity index (χ4n) is 8.80. The van der Waals surface area contributed by atoms with E-state index >= 15 is 0 Å². The molecular formula is C47H59N9O7. The van der Waals surface area contributed by atoms with E-state index < -0.39 is 29.7 Å². The molecule has 334 valence electrons. The number of piperazine rings is 1. The van der Waals surface area contributed by atoms with Crippen molar-refractivity contribution in [2.75, 3.05) is 63.9 Å². The number of anilines is 1. The van der Waals surface area contributed by atoms with Crippen LogP contribution in [-0.2, 0) is 14.4 Å². The van der Waals surface area contributed by atoms with E-state index in [1.807, 2.05) is 29.2 Å². The van der Waals surface area contributed by atoms with E-state index in [9.17, 15) is 28.8 Å². The second kappa shape index (κ2) is 22.4. The Balaban J connectivity index is 0.708. The summed E-state index contributed by atoms with van der Waals surface area (Å²) < 4.78 is 5.97. The first-order valence-corrected chi connectivity index (χ1v) is 22.7. The van der Waals surface area contributed by atoms with Gasteiger partial charge in [-0.1, -0.05) is 50.7 Å². The zero-order valence-electron chi connectivity index (χ0n) is 36.1. The number of piperidine rings is 2. The van der Waals surface area contributed by atoms with Crippen molar-refractivity contribution in [3.8, 4) is 5.75 Å². The third-order valence-corrected chi connectivity index (χ3v) is 12.5. The maximum atomic E-state index is 13.3. The fourth-order valence-corrected chi connectivity index (χ4v) is 8.80. The van der Waals surface area contributed by atoms with Crippen molar-refractivity contribution in [3.05, 3.63) is 83.3 Å². The molecule has 7 rings (SSSR count). The molecule has 2 N–H and O–H groups in total. The standard InChI is InChI=1S/C47H59N9O7/c57-41(19-15-35-12-10-23-48-33-35)49-24-6-5-11-34-21-26-55(27-22-34)46(61)37-16-18-40(52-51-37)54-30-28-53(29-31-54)25-7-3-1-2-4-8-32-63-39-14-9-13-36-43(39)47(62)56(45(36)60)38-17-20-42(58)50-44(38)59/h9-10,12-16,18-19,23,33-34,38H,1-8,11,17,20-22,24-32H2,(H,49,57)(H,50,58,59)/b19-15+. The number of rotatable bonds is 20. The zero-order valence-corrected chi connectivity index (χ0v) is 36.1. The highest BCUT2D eigenvalue weighted by Gasteiger charge is 2.46. The van der Waals surface area contributed by atoms with Gasteiger partial charge in [0, 0.05) is 70.7 Å². The van der Waals surface area contributed by atoms with E-state index in [2.05, 4.69) is 35.6 Å². The molecule has 6 amide bonds. The van der Waals surface area contributed by atoms with Crippen LogP contribution in [0.25, 0.3) is 6.08 Å². The molecule has 1 unspecified atom stereocenters. The smallest absolute Gasteiger partial charge is 0.274 e. The molecule has 2 aromatic heterocycles. The molecular weight excluding hydrogens is 803 g/mol. The number of likely N-dealkylation sites (tertiary alicyclic amines) is 1. The highest BCUT2D eigenvalue weighted by atomic mass is 16.5. The van der Waals surface area contributed by atoms with Crippen LogP contribution in [0.15, 0.2) is 60.9 Å². The van der Waals surface area contributed by atoms with Gasteiger partial charge in [0.25, 0.3) is 17.7 Å². The molecule has 4 aliphatic heterocycles. The molecule has 4 aliphatic rings. The number of carbonyl (C=O) groups excluding carboxylic acids is 6. The highest BCUT2D eigenvalue weighted by molar-refractivity contribution is 6.24. The van der Waals surface area contributed by atoms with Crippen LogP contribution in [0.3, 0.4) is 0 Å². The third-order valence-electron chi connectivity index (χ3n) is 12.5. The number of pyridine rings is 1. The number of nitrogens with one attached hydrogen (secondary N) is 2. The van der Waals surface area contributed by atoms with Crippen LogP contribution in [0.2, 0.25) is 0 Å². The molecule has 1 aromatic carbocycles. The van der Waals surface area contributed by atoms with Gasteiger partial charge in [-0.3, -0.25) is 48.9 Å². The molecule has 1 atom stereocenters. The Morgan fingerprint density at radius 1 is 0.810 bits per heavy atom. The van der Waals surface area contributed by atoms with E-state index in [-0.39, 0.29) is 35.8 Å². The largest absolute Gasteiger partial charge is 0.493 e. The van der Waals surface area contributed by atoms with Gasteiger partial charge in [0.2, 0.25) is 17.7 Å². The van der Waals surface area contributed by atoms with E-state index in [1.54, 1.807) is 42.7 Å². The second-order valence-corrected chi connectivity index (χ2v) is 16.8. The van der Waals surface area contributed by atoms with E-state index in [0.717, 1.165) is 133 Å². The van der Waals surface area contributed by atoms with Gasteiger partial charge in [-0.05, 0) is 93.0 Å². The van der Waals surface area contributed by atoms with Crippen molar-refractivity contribution >= 4 is 47.3 Å². The first-order valence-electron chi connectivity index (χ1n) is 22.7. The molecule has 3 aromatic rings. The van der Waals surface area contributed by atoms with E-state index in [0.29, 0.717) is 30.5 Å². The van der Waals surface area contributed by atoms with Crippen LogP contribution < -0.4 is 20.3 Å². The summed E-state index contributed by atoms with van der Waals surface area (Å²) in [6.45, 7) is 7.21. The summed E-state index contributed by atoms with van der Waals surface area (Å²) in [4.78, 5) is 87.3. The molecule has 0 radical (unpaired) electrons. The molecule has 3 saturated heterocycles. The summed E-state index contributed by atoms with van der Waals surface area (Å²) >= 11 is 0. The van der Waals surface area contributed by atoms with Crippen molar-refractivity contribution in [2.45, 2.75) is 89.5 Å². The highest BCUT2D eigenvalue weighted by Crippen LogP contribution is 2.34. The SMILES string of the molecule is O=C(/C=C/c1cccnc1)NCCCCC1CCN(C(=O)c2ccc(N3CCN(CCCCCCCCOc4cccc5c4C(=O)N(C4CCC(=O)NC4=O)C5=O)CC3)nn2)CC1. The lowest BCUT2D eigenvalue weighted by atomic mass is 9.91. The van der Waals surface area contributed by atoms with Crippen molar-refractivity contribution in [1.29, 1.82) is 0 Å². The molecule has 16 nitrogen and oxygen atoms in total. The number of benzene rings is 1. The Morgan fingerprint density at radius 3 is 2.35 bits per heavy atom. The minimum Gasteiger partial charge on any atom is -0.493 e. The Kier molecular flexibility index (Phi) is 16.0. The Bertz CT molecular complexity index is 2100. The van der Waals surface area contributed by atoms with Gasteiger partial charge in [0.05, 0.1) is 17.7 Å². The molecule has 63 heavy (non-hydrogen) atoms. The molecule has 0 aliphatic carbocycles. The van der Waals surface area contributed by atoms with Crippen LogP contribution >= 0.6 is 0 Å². The third kappa shape index (κ3) is 12.1. The minimum atomic E-state index is -1.00. The fraction of sp³-hybridized carbons (Fsp3) is 0.511. The van der Waals surface area contributed by atoms with Gasteiger partial charge in [0.1, 0.15) is 11.8 Å². The summed E-state index contributed by atoms with van der Waals surface area (Å²) in [7, 11) is 0. The van der Waals surface area contributed by atoms with Crippen molar-refractivity contribution in [1.82, 2.24) is 40.5 Å². The zero-order chi connectivity index (χ0) is 44.0. The van der Waals surface area contributed by atoms with Gasteiger partial charge in [-0.2, -0.15) is 0 Å². The molecule has 0 bridgehead atoms. The van der Waals surface area contributed by atoms with Gasteiger partial charge >= 0.3 is 0 Å². The monoisotopic (exact) mass is 861 g/mol. The summed E-state index contributed by atoms with van der Waals surface area (Å²) in [6.07, 6.45) is 18.2. The lowest BCUT2D eigenvalue weighted by molar-refractivity contribution is -0.136. The number of amides is 6. The number of carbonyl (C=O) groups is 6. The quantitative estimate of drug-likeness (QED) is 0.0910. The van der Waals surface area contributed by atoms with Gasteiger partial charge in [-0.15, -0.1) is 10.2 Å². The number of aromatic nitrogens is 3. The number of nitrogens with zero attached hydrogens (tertiary/aromatic N) is 7. The van der Waals surface area contributed by atoms with E-state index in [1.165, 1.54) is 0 Å². The number of hydrogen-bond donors (Lipinski definition) is 2. The summed E-state index contributed by atoms with van der Waals surface area (Å²) in [5, 5.41) is 14.0. The number of unbranched alkanes of at least 4 members (excludes halogenated alkanes) is 6. The average molecular weight is 862 g/mol. The lowest BCUT2D eigenvalue weighted by Gasteiger charge is -2.35. The summed E-state index contributed by atoms with van der Waals surface area (Å²) in [5.41, 5.74) is 1.69. The van der Waals surface area contributed by atoms with Crippen LogP contribution in [0, 0.1) is 5.92 Å². The van der Waals surface area contributed by atoms with Gasteiger partial charge in [0.15, 0.2) is 11.5 Å². The van der Waals surface area contributed by atoms with Crippen molar-refractivity contribution in [3.63, 3.8) is 0 Å². The average Bonchev–Trinajstić information content (AvgIpc) is 3.56. The lowest BCUT2D eigenvalue weighted by Crippen LogP contribution is -2.54. The second-order valence-electron chi connectivity index (χ2n) is 16.8. The van der Waals surface area contributed by atoms with Crippen LogP contribution in [0.5, 0.6) is 5.75 Å². The molecule has 0 saturated carbocycles. The molecule has 16 heteroatoms. The van der Waals surface area contributed by atoms with Crippen LogP contribution in [-0.4, -0.2) is 130 Å². The number of ether oxygens (including phenoxy) is 1. The van der Waals surface area contributed by atoms with Crippen LogP contribution in [0.4, 0.5) is 5.82 Å². The Morgan fingerprint density at radius 2 is 1.60 bits per heavy atom. The Labute approximate surface area is 368 Å².